The van der Waals surface area contributed by atoms with Gasteiger partial charge in [-0.05, 0) is 61.1 Å². The minimum absolute atomic E-state index is 0.404. The van der Waals surface area contributed by atoms with Crippen LogP contribution in [0.2, 0.25) is 22.9 Å². The number of hydrogen-bond acceptors (Lipinski definition) is 10. The molecule has 0 atom stereocenters. The average Bonchev–Trinajstić information content (AvgIpc) is 2.86. The third-order valence-corrected chi connectivity index (χ3v) is 25.7. The lowest BCUT2D eigenvalue weighted by molar-refractivity contribution is 0.0291. The van der Waals surface area contributed by atoms with Crippen LogP contribution in [0.1, 0.15) is 54.9 Å². The van der Waals surface area contributed by atoms with Gasteiger partial charge in [0.05, 0.1) is 9.83 Å². The Hall–Kier alpha value is 0.468. The minimum atomic E-state index is -3.48. The van der Waals surface area contributed by atoms with E-state index in [0.29, 0.717) is 46.1 Å². The molecule has 14 heteroatoms. The van der Waals surface area contributed by atoms with Gasteiger partial charge in [-0.15, -0.1) is 0 Å². The van der Waals surface area contributed by atoms with Crippen LogP contribution < -0.4 is 0 Å². The maximum Gasteiger partial charge on any atom is 0.508 e. The summed E-state index contributed by atoms with van der Waals surface area (Å²) in [7, 11) is -6.17. The van der Waals surface area contributed by atoms with E-state index in [9.17, 15) is 0 Å². The van der Waals surface area contributed by atoms with Gasteiger partial charge in [0.1, 0.15) is 0 Å². The highest BCUT2D eigenvalue weighted by atomic mass is 28.5. The van der Waals surface area contributed by atoms with Crippen LogP contribution in [-0.4, -0.2) is 103 Å². The Labute approximate surface area is 224 Å². The molecule has 0 unspecified atom stereocenters. The highest BCUT2D eigenvalue weighted by Crippen LogP contribution is 2.57. The van der Waals surface area contributed by atoms with E-state index in [1.165, 1.54) is 0 Å². The van der Waals surface area contributed by atoms with Crippen molar-refractivity contribution < 1.29 is 44.3 Å². The molecular weight excluding hydrogens is 537 g/mol. The zero-order valence-corrected chi connectivity index (χ0v) is 29.1. The predicted octanol–water partition coefficient (Wildman–Crippen LogP) is 4.41. The summed E-state index contributed by atoms with van der Waals surface area (Å²) in [4.78, 5) is 0. The molecule has 0 heterocycles. The molecule has 0 bridgehead atoms. The van der Waals surface area contributed by atoms with Crippen molar-refractivity contribution in [1.82, 2.24) is 0 Å². The van der Waals surface area contributed by atoms with Crippen LogP contribution >= 0.6 is 0 Å². The highest BCUT2D eigenvalue weighted by Gasteiger charge is 2.73. The minimum Gasteiger partial charge on any atom is -0.397 e. The van der Waals surface area contributed by atoms with Crippen LogP contribution in [-0.2, 0) is 44.3 Å². The second-order valence-electron chi connectivity index (χ2n) is 8.60. The fraction of sp³-hybridized carbons (Fsp3) is 1.00. The fourth-order valence-electron chi connectivity index (χ4n) is 4.79. The van der Waals surface area contributed by atoms with Crippen molar-refractivity contribution in [3.05, 3.63) is 0 Å². The van der Waals surface area contributed by atoms with E-state index < -0.39 is 44.6 Å². The summed E-state index contributed by atoms with van der Waals surface area (Å²) in [5.41, 5.74) is 0. The summed E-state index contributed by atoms with van der Waals surface area (Å²) < 4.78 is 62.9. The topological polar surface area (TPSA) is 92.3 Å². The highest BCUT2D eigenvalue weighted by molar-refractivity contribution is 6.90. The molecule has 0 amide bonds. The monoisotopic (exact) mass is 590 g/mol. The summed E-state index contributed by atoms with van der Waals surface area (Å²) in [6.07, 6.45) is 0.431. The molecule has 0 saturated heterocycles. The lowest BCUT2D eigenvalue weighted by Crippen LogP contribution is -2.69. The Morgan fingerprint density at radius 2 is 0.722 bits per heavy atom. The molecule has 0 saturated carbocycles. The van der Waals surface area contributed by atoms with Gasteiger partial charge < -0.3 is 44.3 Å². The fourth-order valence-corrected chi connectivity index (χ4v) is 22.1. The molecule has 0 aromatic carbocycles. The summed E-state index contributed by atoms with van der Waals surface area (Å²) >= 11 is 0. The van der Waals surface area contributed by atoms with E-state index in [4.69, 9.17) is 44.3 Å². The van der Waals surface area contributed by atoms with E-state index >= 15 is 0 Å². The van der Waals surface area contributed by atoms with Crippen LogP contribution in [0.4, 0.5) is 0 Å². The van der Waals surface area contributed by atoms with Gasteiger partial charge in [0.25, 0.3) is 0 Å². The largest absolute Gasteiger partial charge is 0.508 e. The molecule has 36 heavy (non-hydrogen) atoms. The number of hydrogen-bond donors (Lipinski definition) is 0. The van der Waals surface area contributed by atoms with Gasteiger partial charge in [-0.1, -0.05) is 6.92 Å². The van der Waals surface area contributed by atoms with Crippen LogP contribution in [0.15, 0.2) is 0 Å². The standard InChI is InChI=1S/C22H54O10Si4/c1-14-27-35(28-15-2,29-16-3)21(36(30-17-4,31-18-5)32-19-6)20-22(7,33(12,23-8)24-9)34(13,25-10)26-11/h21H,14-20H2,1-13H3. The summed E-state index contributed by atoms with van der Waals surface area (Å²) in [6.45, 7) is 20.2. The van der Waals surface area contributed by atoms with Gasteiger partial charge in [0.2, 0.25) is 0 Å². The molecule has 0 aromatic rings. The maximum absolute atomic E-state index is 6.48. The Kier molecular flexibility index (Phi) is 16.8. The molecular formula is C22H54O10Si4. The quantitative estimate of drug-likeness (QED) is 0.169. The van der Waals surface area contributed by atoms with Gasteiger partial charge in [-0.25, -0.2) is 0 Å². The maximum atomic E-state index is 6.48. The van der Waals surface area contributed by atoms with Crippen molar-refractivity contribution >= 4 is 34.7 Å². The zero-order chi connectivity index (χ0) is 28.1. The van der Waals surface area contributed by atoms with Crippen LogP contribution in [0, 0.1) is 0 Å². The first-order chi connectivity index (χ1) is 16.9. The molecule has 10 nitrogen and oxygen atoms in total. The third-order valence-electron chi connectivity index (χ3n) is 7.10. The van der Waals surface area contributed by atoms with Crippen molar-refractivity contribution in [2.24, 2.45) is 0 Å². The summed E-state index contributed by atoms with van der Waals surface area (Å²) in [5.74, 6) is 0. The smallest absolute Gasteiger partial charge is 0.397 e. The predicted molar refractivity (Wildman–Crippen MR) is 149 cm³/mol. The molecule has 0 rings (SSSR count). The normalized spacial score (nSPS) is 14.2. The Morgan fingerprint density at radius 3 is 0.889 bits per heavy atom. The first kappa shape index (κ1) is 36.5. The molecule has 0 spiro atoms. The van der Waals surface area contributed by atoms with E-state index in [-0.39, 0.29) is 0 Å². The van der Waals surface area contributed by atoms with E-state index in [1.807, 2.05) is 54.6 Å². The first-order valence-corrected chi connectivity index (χ1v) is 21.2. The molecule has 0 aromatic heterocycles. The van der Waals surface area contributed by atoms with E-state index in [0.717, 1.165) is 0 Å². The molecule has 0 radical (unpaired) electrons. The van der Waals surface area contributed by atoms with Crippen molar-refractivity contribution in [3.63, 3.8) is 0 Å². The van der Waals surface area contributed by atoms with Crippen LogP contribution in [0.25, 0.3) is 0 Å². The van der Waals surface area contributed by atoms with Gasteiger partial charge in [-0.2, -0.15) is 0 Å². The zero-order valence-electron chi connectivity index (χ0n) is 25.1. The van der Waals surface area contributed by atoms with Crippen LogP contribution in [0.3, 0.4) is 0 Å². The van der Waals surface area contributed by atoms with Gasteiger partial charge in [0, 0.05) is 68.1 Å². The van der Waals surface area contributed by atoms with Crippen molar-refractivity contribution in [2.45, 2.75) is 77.8 Å². The van der Waals surface area contributed by atoms with E-state index in [1.54, 1.807) is 28.4 Å². The van der Waals surface area contributed by atoms with Gasteiger partial charge >= 0.3 is 34.7 Å². The Morgan fingerprint density at radius 1 is 0.500 bits per heavy atom. The van der Waals surface area contributed by atoms with E-state index in [2.05, 4.69) is 6.92 Å². The molecule has 0 fully saturated rings. The number of rotatable bonds is 22. The summed E-state index contributed by atoms with van der Waals surface area (Å²) in [5, 5.41) is -0.482. The molecule has 0 aliphatic carbocycles. The second kappa shape index (κ2) is 16.5. The van der Waals surface area contributed by atoms with Crippen molar-refractivity contribution in [3.8, 4) is 0 Å². The SMILES string of the molecule is CCO[Si](OCC)(OCC)C(CC(C)([Si](C)(OC)OC)[Si](C)(OC)OC)[Si](OCC)(OCC)OCC. The van der Waals surface area contributed by atoms with Crippen LogP contribution in [0.5, 0.6) is 0 Å². The van der Waals surface area contributed by atoms with Gasteiger partial charge in [-0.3, -0.25) is 0 Å². The first-order valence-electron chi connectivity index (χ1n) is 13.0. The van der Waals surface area contributed by atoms with Crippen molar-refractivity contribution in [2.75, 3.05) is 68.1 Å². The molecule has 0 N–H and O–H groups in total. The molecule has 0 aliphatic rings. The average molecular weight is 591 g/mol. The van der Waals surface area contributed by atoms with Crippen molar-refractivity contribution in [1.29, 1.82) is 0 Å². The lowest BCUT2D eigenvalue weighted by atomic mass is 10.3. The lowest BCUT2D eigenvalue weighted by Gasteiger charge is -2.52. The Bertz CT molecular complexity index is 515. The van der Waals surface area contributed by atoms with Gasteiger partial charge in [0.15, 0.2) is 0 Å². The molecule has 218 valence electrons. The Balaban J connectivity index is 7.61. The third kappa shape index (κ3) is 7.56. The second-order valence-corrected chi connectivity index (χ2v) is 22.8. The summed E-state index contributed by atoms with van der Waals surface area (Å²) in [6, 6.07) is 0. The molecule has 0 aliphatic heterocycles.